The van der Waals surface area contributed by atoms with Gasteiger partial charge in [-0.2, -0.15) is 9.28 Å². The van der Waals surface area contributed by atoms with Crippen LogP contribution in [0.25, 0.3) is 5.57 Å². The number of carbonyl (C=O) groups excluding carboxylic acids is 2. The predicted molar refractivity (Wildman–Crippen MR) is 126 cm³/mol. The number of carbonyl (C=O) groups is 2. The number of nitrogens with zero attached hydrogens (tertiary/aromatic N) is 3. The van der Waals surface area contributed by atoms with Crippen LogP contribution in [0.1, 0.15) is 26.0 Å². The highest BCUT2D eigenvalue weighted by molar-refractivity contribution is 5.85. The monoisotopic (exact) mass is 451 g/mol. The SMILES string of the molecule is CC(=O)NCC1C[N+](C)(c2ccc(N3C=C(c4ccccn4)C=CCC3C)c(F)c2)C(=O)O1. The van der Waals surface area contributed by atoms with Crippen LogP contribution in [0.4, 0.5) is 20.6 Å². The zero-order valence-electron chi connectivity index (χ0n) is 19.0. The molecule has 1 aromatic heterocycles. The van der Waals surface area contributed by atoms with Crippen molar-refractivity contribution in [2.24, 2.45) is 0 Å². The molecule has 1 N–H and O–H groups in total. The average molecular weight is 452 g/mol. The molecule has 2 aliphatic rings. The first-order valence-electron chi connectivity index (χ1n) is 11.0. The Morgan fingerprint density at radius 2 is 2.15 bits per heavy atom. The van der Waals surface area contributed by atoms with Crippen molar-refractivity contribution in [1.29, 1.82) is 0 Å². The number of ether oxygens (including phenoxy) is 1. The first kappa shape index (κ1) is 22.7. The third-order valence-electron chi connectivity index (χ3n) is 6.09. The zero-order valence-corrected chi connectivity index (χ0v) is 19.0. The molecular weight excluding hydrogens is 423 g/mol. The van der Waals surface area contributed by atoms with Gasteiger partial charge in [-0.3, -0.25) is 9.78 Å². The number of hydrogen-bond acceptors (Lipinski definition) is 5. The number of hydrogen-bond donors (Lipinski definition) is 1. The number of rotatable bonds is 5. The molecule has 0 aliphatic carbocycles. The minimum absolute atomic E-state index is 0.0337. The summed E-state index contributed by atoms with van der Waals surface area (Å²) in [5.41, 5.74) is 2.64. The Morgan fingerprint density at radius 3 is 2.85 bits per heavy atom. The summed E-state index contributed by atoms with van der Waals surface area (Å²) in [6.07, 6.45) is 7.54. The van der Waals surface area contributed by atoms with E-state index in [1.165, 1.54) is 13.0 Å². The van der Waals surface area contributed by atoms with Crippen molar-refractivity contribution in [2.75, 3.05) is 25.0 Å². The van der Waals surface area contributed by atoms with E-state index in [1.807, 2.05) is 42.3 Å². The van der Waals surface area contributed by atoms with Crippen LogP contribution in [-0.2, 0) is 9.53 Å². The first-order valence-corrected chi connectivity index (χ1v) is 11.0. The van der Waals surface area contributed by atoms with Crippen LogP contribution in [0.3, 0.4) is 0 Å². The summed E-state index contributed by atoms with van der Waals surface area (Å²) >= 11 is 0. The van der Waals surface area contributed by atoms with Crippen LogP contribution in [0.15, 0.2) is 60.9 Å². The number of halogens is 1. The van der Waals surface area contributed by atoms with Crippen molar-refractivity contribution >= 4 is 28.9 Å². The Kier molecular flexibility index (Phi) is 6.29. The Labute approximate surface area is 192 Å². The van der Waals surface area contributed by atoms with Gasteiger partial charge in [0.1, 0.15) is 12.2 Å². The molecule has 3 unspecified atom stereocenters. The maximum atomic E-state index is 15.4. The minimum Gasteiger partial charge on any atom is -0.408 e. The molecule has 1 fully saturated rings. The van der Waals surface area contributed by atoms with Crippen LogP contribution >= 0.6 is 0 Å². The Bertz CT molecular complexity index is 1120. The highest BCUT2D eigenvalue weighted by Crippen LogP contribution is 2.34. The van der Waals surface area contributed by atoms with Crippen molar-refractivity contribution in [1.82, 2.24) is 14.8 Å². The number of aromatic nitrogens is 1. The van der Waals surface area contributed by atoms with Crippen LogP contribution in [0.2, 0.25) is 0 Å². The molecule has 1 aromatic carbocycles. The van der Waals surface area contributed by atoms with E-state index in [0.717, 1.165) is 17.7 Å². The summed E-state index contributed by atoms with van der Waals surface area (Å²) in [4.78, 5) is 30.1. The maximum absolute atomic E-state index is 15.4. The third-order valence-corrected chi connectivity index (χ3v) is 6.09. The Balaban J connectivity index is 1.62. The van der Waals surface area contributed by atoms with Crippen molar-refractivity contribution in [3.8, 4) is 0 Å². The molecular formula is C25H28FN4O3+. The Hall–Kier alpha value is -3.52. The summed E-state index contributed by atoms with van der Waals surface area (Å²) in [5, 5.41) is 2.66. The van der Waals surface area contributed by atoms with E-state index in [1.54, 1.807) is 25.4 Å². The van der Waals surface area contributed by atoms with Crippen LogP contribution in [0, 0.1) is 5.82 Å². The number of nitrogens with one attached hydrogen (secondary N) is 1. The summed E-state index contributed by atoms with van der Waals surface area (Å²) < 4.78 is 20.7. The summed E-state index contributed by atoms with van der Waals surface area (Å²) in [6.45, 7) is 3.99. The van der Waals surface area contributed by atoms with Crippen molar-refractivity contribution in [3.05, 3.63) is 72.5 Å². The predicted octanol–water partition coefficient (Wildman–Crippen LogP) is 4.01. The second-order valence-electron chi connectivity index (χ2n) is 8.65. The van der Waals surface area contributed by atoms with Gasteiger partial charge in [0.25, 0.3) is 0 Å². The molecule has 2 aromatic rings. The van der Waals surface area contributed by atoms with E-state index in [2.05, 4.69) is 16.4 Å². The normalized spacial score (nSPS) is 24.8. The molecule has 8 heteroatoms. The van der Waals surface area contributed by atoms with Crippen molar-refractivity contribution in [3.63, 3.8) is 0 Å². The van der Waals surface area contributed by atoms with E-state index in [4.69, 9.17) is 4.74 Å². The molecule has 1 saturated heterocycles. The maximum Gasteiger partial charge on any atom is 0.521 e. The van der Waals surface area contributed by atoms with Crippen LogP contribution in [-0.4, -0.2) is 49.3 Å². The minimum atomic E-state index is -0.470. The largest absolute Gasteiger partial charge is 0.521 e. The topological polar surface area (TPSA) is 71.5 Å². The van der Waals surface area contributed by atoms with Gasteiger partial charge in [0.05, 0.1) is 25.0 Å². The zero-order chi connectivity index (χ0) is 23.6. The van der Waals surface area contributed by atoms with Gasteiger partial charge in [0.2, 0.25) is 5.91 Å². The standard InChI is InChI=1S/C25H27FN4O3/c1-17-7-6-8-19(23-9-4-5-12-27-23)15-29(17)24-11-10-20(13-22(24)26)30(3)16-21(33-25(30)32)14-28-18(2)31/h4-6,8-13,15,17,21H,7,14,16H2,1-3H3/p+1. The number of amides is 2. The molecule has 3 heterocycles. The molecule has 0 radical (unpaired) electrons. The van der Waals surface area contributed by atoms with Gasteiger partial charge in [0, 0.05) is 43.1 Å². The number of cyclic esters (lactones) is 1. The second kappa shape index (κ2) is 9.15. The van der Waals surface area contributed by atoms with Gasteiger partial charge in [-0.15, -0.1) is 0 Å². The average Bonchev–Trinajstić information content (AvgIpc) is 2.96. The molecule has 2 amide bonds. The molecule has 0 bridgehead atoms. The lowest BCUT2D eigenvalue weighted by atomic mass is 10.1. The van der Waals surface area contributed by atoms with Crippen LogP contribution < -0.4 is 14.7 Å². The quantitative estimate of drug-likeness (QED) is 0.696. The van der Waals surface area contributed by atoms with Gasteiger partial charge < -0.3 is 15.0 Å². The van der Waals surface area contributed by atoms with E-state index < -0.39 is 18.0 Å². The highest BCUT2D eigenvalue weighted by Gasteiger charge is 2.48. The molecule has 2 aliphatic heterocycles. The highest BCUT2D eigenvalue weighted by atomic mass is 19.1. The van der Waals surface area contributed by atoms with Gasteiger partial charge in [0.15, 0.2) is 11.9 Å². The smallest absolute Gasteiger partial charge is 0.408 e. The number of quaternary nitrogens is 1. The first-order chi connectivity index (χ1) is 15.8. The molecule has 172 valence electrons. The number of anilines is 1. The molecule has 0 saturated carbocycles. The summed E-state index contributed by atoms with van der Waals surface area (Å²) in [6, 6.07) is 10.6. The van der Waals surface area contributed by atoms with Gasteiger partial charge in [-0.1, -0.05) is 18.2 Å². The lowest BCUT2D eigenvalue weighted by Gasteiger charge is -2.28. The molecule has 33 heavy (non-hydrogen) atoms. The number of pyridine rings is 1. The number of allylic oxidation sites excluding steroid dienone is 2. The van der Waals surface area contributed by atoms with Crippen molar-refractivity contribution in [2.45, 2.75) is 32.4 Å². The summed E-state index contributed by atoms with van der Waals surface area (Å²) in [5.74, 6) is -0.614. The molecule has 7 nitrogen and oxygen atoms in total. The van der Waals surface area contributed by atoms with Crippen LogP contribution in [0.5, 0.6) is 0 Å². The summed E-state index contributed by atoms with van der Waals surface area (Å²) in [7, 11) is 1.70. The van der Waals surface area contributed by atoms with E-state index >= 15 is 4.39 Å². The lowest BCUT2D eigenvalue weighted by molar-refractivity contribution is -0.119. The second-order valence-corrected chi connectivity index (χ2v) is 8.65. The van der Waals surface area contributed by atoms with E-state index in [9.17, 15) is 9.59 Å². The molecule has 0 spiro atoms. The number of likely N-dealkylation sites (N-methyl/N-ethyl adjacent to an activating group) is 1. The Morgan fingerprint density at radius 1 is 1.33 bits per heavy atom. The van der Waals surface area contributed by atoms with Gasteiger partial charge >= 0.3 is 6.09 Å². The van der Waals surface area contributed by atoms with Gasteiger partial charge in [-0.05, 0) is 31.5 Å². The third kappa shape index (κ3) is 4.66. The molecule has 3 atom stereocenters. The fraction of sp³-hybridized carbons (Fsp3) is 0.320. The number of benzene rings is 1. The fourth-order valence-corrected chi connectivity index (χ4v) is 4.18. The van der Waals surface area contributed by atoms with E-state index in [0.29, 0.717) is 17.9 Å². The lowest BCUT2D eigenvalue weighted by Crippen LogP contribution is -2.47. The fourth-order valence-electron chi connectivity index (χ4n) is 4.18. The van der Waals surface area contributed by atoms with E-state index in [-0.39, 0.29) is 23.0 Å². The molecule has 4 rings (SSSR count). The van der Waals surface area contributed by atoms with Crippen molar-refractivity contribution < 1.29 is 18.7 Å². The van der Waals surface area contributed by atoms with Gasteiger partial charge in [-0.25, -0.2) is 4.39 Å².